The van der Waals surface area contributed by atoms with Gasteiger partial charge in [-0.3, -0.25) is 4.79 Å². The van der Waals surface area contributed by atoms with Crippen LogP contribution in [0.4, 0.5) is 5.69 Å². The van der Waals surface area contributed by atoms with E-state index in [4.69, 9.17) is 5.26 Å². The number of rotatable bonds is 4. The number of benzene rings is 1. The summed E-state index contributed by atoms with van der Waals surface area (Å²) in [5.74, 6) is -0.505. The highest BCUT2D eigenvalue weighted by atomic mass is 32.1. The van der Waals surface area contributed by atoms with Crippen LogP contribution in [-0.2, 0) is 4.79 Å². The molecule has 1 heterocycles. The first-order valence-electron chi connectivity index (χ1n) is 5.98. The van der Waals surface area contributed by atoms with E-state index in [-0.39, 0.29) is 18.2 Å². The van der Waals surface area contributed by atoms with Crippen molar-refractivity contribution >= 4 is 22.9 Å². The van der Waals surface area contributed by atoms with Crippen LogP contribution in [0.2, 0.25) is 0 Å². The van der Waals surface area contributed by atoms with Crippen LogP contribution in [0.3, 0.4) is 0 Å². The van der Waals surface area contributed by atoms with E-state index in [1.165, 1.54) is 11.3 Å². The molecule has 1 N–H and O–H groups in total. The molecule has 19 heavy (non-hydrogen) atoms. The van der Waals surface area contributed by atoms with Gasteiger partial charge in [0.15, 0.2) is 0 Å². The molecule has 1 atom stereocenters. The highest BCUT2D eigenvalue weighted by molar-refractivity contribution is 7.10. The Morgan fingerprint density at radius 2 is 2.11 bits per heavy atom. The van der Waals surface area contributed by atoms with E-state index in [9.17, 15) is 4.79 Å². The number of nitrogens with one attached hydrogen (secondary N) is 1. The molecular formula is C15H14N2OS. The molecule has 0 radical (unpaired) electrons. The third-order valence-electron chi connectivity index (χ3n) is 2.77. The highest BCUT2D eigenvalue weighted by Gasteiger charge is 2.16. The van der Waals surface area contributed by atoms with Crippen molar-refractivity contribution in [2.75, 3.05) is 5.32 Å². The van der Waals surface area contributed by atoms with Crippen molar-refractivity contribution in [1.82, 2.24) is 0 Å². The minimum Gasteiger partial charge on any atom is -0.326 e. The van der Waals surface area contributed by atoms with Crippen LogP contribution in [0, 0.1) is 18.3 Å². The van der Waals surface area contributed by atoms with Crippen LogP contribution in [0.15, 0.2) is 41.8 Å². The summed E-state index contributed by atoms with van der Waals surface area (Å²) >= 11 is 1.50. The molecule has 3 nitrogen and oxygen atoms in total. The van der Waals surface area contributed by atoms with Gasteiger partial charge < -0.3 is 5.32 Å². The van der Waals surface area contributed by atoms with E-state index in [0.717, 1.165) is 16.1 Å². The number of carbonyl (C=O) groups is 1. The van der Waals surface area contributed by atoms with Gasteiger partial charge in [0.1, 0.15) is 0 Å². The van der Waals surface area contributed by atoms with E-state index in [1.54, 1.807) is 0 Å². The van der Waals surface area contributed by atoms with Gasteiger partial charge in [0.05, 0.1) is 12.0 Å². The molecule has 0 aliphatic carbocycles. The summed E-state index contributed by atoms with van der Waals surface area (Å²) < 4.78 is 0. The zero-order chi connectivity index (χ0) is 13.7. The maximum atomic E-state index is 11.9. The van der Waals surface area contributed by atoms with Crippen molar-refractivity contribution in [1.29, 1.82) is 5.26 Å². The molecule has 0 saturated carbocycles. The summed E-state index contributed by atoms with van der Waals surface area (Å²) in [5, 5.41) is 13.9. The Balaban J connectivity index is 1.97. The first-order valence-corrected chi connectivity index (χ1v) is 6.86. The van der Waals surface area contributed by atoms with Crippen LogP contribution in [0.25, 0.3) is 0 Å². The molecule has 4 heteroatoms. The molecule has 96 valence electrons. The molecule has 1 unspecified atom stereocenters. The standard InChI is InChI=1S/C15H14N2OS/c1-11-4-6-13(7-5-11)17-15(18)9-12(10-16)14-3-2-8-19-14/h2-8,12H,9H2,1H3,(H,17,18). The number of hydrogen-bond donors (Lipinski definition) is 1. The van der Waals surface area contributed by atoms with Gasteiger partial charge in [-0.1, -0.05) is 23.8 Å². The Labute approximate surface area is 116 Å². The molecule has 0 aliphatic rings. The molecule has 2 aromatic rings. The average Bonchev–Trinajstić information content (AvgIpc) is 2.92. The van der Waals surface area contributed by atoms with Gasteiger partial charge >= 0.3 is 0 Å². The summed E-state index contributed by atoms with van der Waals surface area (Å²) in [7, 11) is 0. The van der Waals surface area contributed by atoms with Gasteiger partial charge in [-0.15, -0.1) is 11.3 Å². The zero-order valence-corrected chi connectivity index (χ0v) is 11.4. The average molecular weight is 270 g/mol. The number of carbonyl (C=O) groups excluding carboxylic acids is 1. The maximum absolute atomic E-state index is 11.9. The molecule has 2 rings (SSSR count). The summed E-state index contributed by atoms with van der Waals surface area (Å²) in [6.07, 6.45) is 0.185. The molecule has 1 aromatic carbocycles. The molecule has 0 saturated heterocycles. The van der Waals surface area contributed by atoms with Crippen molar-refractivity contribution in [3.8, 4) is 6.07 Å². The minimum absolute atomic E-state index is 0.135. The maximum Gasteiger partial charge on any atom is 0.226 e. The number of amides is 1. The van der Waals surface area contributed by atoms with E-state index in [1.807, 2.05) is 48.7 Å². The first-order chi connectivity index (χ1) is 9.19. The Kier molecular flexibility index (Phi) is 4.32. The van der Waals surface area contributed by atoms with E-state index < -0.39 is 0 Å². The third-order valence-corrected chi connectivity index (χ3v) is 3.75. The van der Waals surface area contributed by atoms with Crippen LogP contribution in [0.5, 0.6) is 0 Å². The number of anilines is 1. The number of aryl methyl sites for hydroxylation is 1. The molecule has 1 amide bonds. The van der Waals surface area contributed by atoms with Crippen molar-refractivity contribution in [3.63, 3.8) is 0 Å². The second kappa shape index (κ2) is 6.17. The second-order valence-electron chi connectivity index (χ2n) is 4.32. The quantitative estimate of drug-likeness (QED) is 0.921. The molecule has 0 aliphatic heterocycles. The van der Waals surface area contributed by atoms with E-state index in [2.05, 4.69) is 11.4 Å². The van der Waals surface area contributed by atoms with E-state index >= 15 is 0 Å². The van der Waals surface area contributed by atoms with Gasteiger partial charge in [-0.05, 0) is 30.5 Å². The molecule has 1 aromatic heterocycles. The lowest BCUT2D eigenvalue weighted by atomic mass is 10.1. The predicted octanol–water partition coefficient (Wildman–Crippen LogP) is 3.69. The van der Waals surface area contributed by atoms with Gasteiger partial charge in [0.25, 0.3) is 0 Å². The van der Waals surface area contributed by atoms with Crippen molar-refractivity contribution < 1.29 is 4.79 Å². The second-order valence-corrected chi connectivity index (χ2v) is 5.29. The Morgan fingerprint density at radius 3 is 2.68 bits per heavy atom. The topological polar surface area (TPSA) is 52.9 Å². The number of thiophene rings is 1. The molecule has 0 bridgehead atoms. The fourth-order valence-corrected chi connectivity index (χ4v) is 2.51. The zero-order valence-electron chi connectivity index (χ0n) is 10.6. The van der Waals surface area contributed by atoms with Gasteiger partial charge in [0.2, 0.25) is 5.91 Å². The molecule has 0 fully saturated rings. The Bertz CT molecular complexity index is 582. The van der Waals surface area contributed by atoms with Gasteiger partial charge in [0, 0.05) is 17.0 Å². The lowest BCUT2D eigenvalue weighted by Gasteiger charge is -2.08. The fourth-order valence-electron chi connectivity index (χ4n) is 1.73. The van der Waals surface area contributed by atoms with Crippen LogP contribution >= 0.6 is 11.3 Å². The Morgan fingerprint density at radius 1 is 1.37 bits per heavy atom. The third kappa shape index (κ3) is 3.67. The lowest BCUT2D eigenvalue weighted by Crippen LogP contribution is -2.14. The van der Waals surface area contributed by atoms with Crippen LogP contribution in [0.1, 0.15) is 22.8 Å². The normalized spacial score (nSPS) is 11.6. The van der Waals surface area contributed by atoms with Crippen LogP contribution < -0.4 is 5.32 Å². The fraction of sp³-hybridized carbons (Fsp3) is 0.200. The number of hydrogen-bond acceptors (Lipinski definition) is 3. The summed E-state index contributed by atoms with van der Waals surface area (Å²) in [4.78, 5) is 12.8. The largest absolute Gasteiger partial charge is 0.326 e. The lowest BCUT2D eigenvalue weighted by molar-refractivity contribution is -0.116. The Hall–Kier alpha value is -2.12. The first kappa shape index (κ1) is 13.3. The highest BCUT2D eigenvalue weighted by Crippen LogP contribution is 2.24. The van der Waals surface area contributed by atoms with Crippen LogP contribution in [-0.4, -0.2) is 5.91 Å². The van der Waals surface area contributed by atoms with Gasteiger partial charge in [-0.25, -0.2) is 0 Å². The minimum atomic E-state index is -0.370. The smallest absolute Gasteiger partial charge is 0.226 e. The monoisotopic (exact) mass is 270 g/mol. The molecular weight excluding hydrogens is 256 g/mol. The SMILES string of the molecule is Cc1ccc(NC(=O)CC(C#N)c2cccs2)cc1. The van der Waals surface area contributed by atoms with Crippen molar-refractivity contribution in [2.45, 2.75) is 19.3 Å². The summed E-state index contributed by atoms with van der Waals surface area (Å²) in [6, 6.07) is 13.6. The number of nitrogens with zero attached hydrogens (tertiary/aromatic N) is 1. The number of nitriles is 1. The van der Waals surface area contributed by atoms with Crippen molar-refractivity contribution in [3.05, 3.63) is 52.2 Å². The summed E-state index contributed by atoms with van der Waals surface area (Å²) in [5.41, 5.74) is 1.91. The summed E-state index contributed by atoms with van der Waals surface area (Å²) in [6.45, 7) is 1.99. The van der Waals surface area contributed by atoms with Crippen molar-refractivity contribution in [2.24, 2.45) is 0 Å². The van der Waals surface area contributed by atoms with E-state index in [0.29, 0.717) is 0 Å². The molecule has 0 spiro atoms. The van der Waals surface area contributed by atoms with Gasteiger partial charge in [-0.2, -0.15) is 5.26 Å². The predicted molar refractivity (Wildman–Crippen MR) is 77.1 cm³/mol.